The van der Waals surface area contributed by atoms with Crippen molar-refractivity contribution < 1.29 is 13.9 Å². The Morgan fingerprint density at radius 1 is 1.12 bits per heavy atom. The van der Waals surface area contributed by atoms with Crippen LogP contribution in [0.25, 0.3) is 10.6 Å². The summed E-state index contributed by atoms with van der Waals surface area (Å²) < 4.78 is 24.3. The molecule has 2 aromatic carbocycles. The van der Waals surface area contributed by atoms with Gasteiger partial charge in [-0.05, 0) is 43.3 Å². The van der Waals surface area contributed by atoms with E-state index < -0.39 is 0 Å². The van der Waals surface area contributed by atoms with Crippen LogP contribution < -0.4 is 9.47 Å². The molecule has 1 heterocycles. The van der Waals surface area contributed by atoms with Crippen LogP contribution in [0.3, 0.4) is 0 Å². The van der Waals surface area contributed by atoms with Gasteiger partial charge in [-0.15, -0.1) is 11.3 Å². The molecular weight excluding hydrogens is 339 g/mol. The van der Waals surface area contributed by atoms with E-state index in [0.717, 1.165) is 16.3 Å². The zero-order valence-electron chi connectivity index (χ0n) is 13.5. The maximum Gasteiger partial charge on any atom is 0.162 e. The zero-order valence-corrected chi connectivity index (χ0v) is 14.3. The lowest BCUT2D eigenvalue weighted by molar-refractivity contribution is 0.267. The van der Waals surface area contributed by atoms with Gasteiger partial charge in [0.1, 0.15) is 17.4 Å². The molecule has 0 fully saturated rings. The Bertz CT molecular complexity index is 901. The SMILES string of the molecule is CCOc1cc(C#N)ccc1OCc1csc(-c2ccc(F)cc2)n1. The molecule has 0 aliphatic rings. The molecule has 25 heavy (non-hydrogen) atoms. The van der Waals surface area contributed by atoms with E-state index in [1.165, 1.54) is 23.5 Å². The van der Waals surface area contributed by atoms with E-state index in [1.54, 1.807) is 30.3 Å². The molecule has 0 saturated carbocycles. The molecule has 0 bridgehead atoms. The number of benzene rings is 2. The van der Waals surface area contributed by atoms with Crippen LogP contribution in [-0.2, 0) is 6.61 Å². The number of halogens is 1. The van der Waals surface area contributed by atoms with Gasteiger partial charge in [-0.2, -0.15) is 5.26 Å². The molecular formula is C19H15FN2O2S. The molecule has 4 nitrogen and oxygen atoms in total. The van der Waals surface area contributed by atoms with Crippen molar-refractivity contribution in [3.8, 4) is 28.1 Å². The fourth-order valence-electron chi connectivity index (χ4n) is 2.22. The van der Waals surface area contributed by atoms with Gasteiger partial charge in [-0.1, -0.05) is 0 Å². The van der Waals surface area contributed by atoms with Gasteiger partial charge in [-0.25, -0.2) is 9.37 Å². The molecule has 0 saturated heterocycles. The summed E-state index contributed by atoms with van der Waals surface area (Å²) in [7, 11) is 0. The van der Waals surface area contributed by atoms with Gasteiger partial charge < -0.3 is 9.47 Å². The molecule has 0 spiro atoms. The summed E-state index contributed by atoms with van der Waals surface area (Å²) >= 11 is 1.48. The van der Waals surface area contributed by atoms with Crippen LogP contribution in [0.1, 0.15) is 18.2 Å². The molecule has 0 aliphatic heterocycles. The molecule has 0 unspecified atom stereocenters. The average molecular weight is 354 g/mol. The molecule has 0 aliphatic carbocycles. The Hall–Kier alpha value is -2.91. The largest absolute Gasteiger partial charge is 0.490 e. The number of aromatic nitrogens is 1. The predicted octanol–water partition coefficient (Wildman–Crippen LogP) is 4.80. The van der Waals surface area contributed by atoms with E-state index in [0.29, 0.717) is 23.7 Å². The average Bonchev–Trinajstić information content (AvgIpc) is 3.10. The van der Waals surface area contributed by atoms with Crippen LogP contribution in [0.2, 0.25) is 0 Å². The predicted molar refractivity (Wildman–Crippen MR) is 94.2 cm³/mol. The van der Waals surface area contributed by atoms with Gasteiger partial charge >= 0.3 is 0 Å². The lowest BCUT2D eigenvalue weighted by Crippen LogP contribution is -2.00. The number of nitrogens with zero attached hydrogens (tertiary/aromatic N) is 2. The van der Waals surface area contributed by atoms with Crippen LogP contribution in [0, 0.1) is 17.1 Å². The lowest BCUT2D eigenvalue weighted by Gasteiger charge is -2.11. The molecule has 0 atom stereocenters. The van der Waals surface area contributed by atoms with Crippen molar-refractivity contribution in [3.05, 3.63) is 64.9 Å². The number of hydrogen-bond donors (Lipinski definition) is 0. The second-order valence-corrected chi connectivity index (χ2v) is 6.00. The molecule has 0 amide bonds. The first-order valence-corrected chi connectivity index (χ1v) is 8.57. The van der Waals surface area contributed by atoms with Gasteiger partial charge in [0.25, 0.3) is 0 Å². The van der Waals surface area contributed by atoms with Crippen LogP contribution >= 0.6 is 11.3 Å². The third-order valence-electron chi connectivity index (χ3n) is 3.39. The number of thiazole rings is 1. The van der Waals surface area contributed by atoms with Crippen molar-refractivity contribution in [2.24, 2.45) is 0 Å². The molecule has 0 radical (unpaired) electrons. The van der Waals surface area contributed by atoms with Crippen molar-refractivity contribution in [2.75, 3.05) is 6.61 Å². The summed E-state index contributed by atoms with van der Waals surface area (Å²) in [6, 6.07) is 13.4. The van der Waals surface area contributed by atoms with E-state index >= 15 is 0 Å². The van der Waals surface area contributed by atoms with Gasteiger partial charge in [0.05, 0.1) is 23.9 Å². The van der Waals surface area contributed by atoms with Gasteiger partial charge in [0.15, 0.2) is 11.5 Å². The molecule has 0 N–H and O–H groups in total. The second-order valence-electron chi connectivity index (χ2n) is 5.15. The highest BCUT2D eigenvalue weighted by molar-refractivity contribution is 7.13. The summed E-state index contributed by atoms with van der Waals surface area (Å²) in [5.74, 6) is 0.834. The molecule has 6 heteroatoms. The Labute approximate surface area is 149 Å². The maximum atomic E-state index is 13.0. The van der Waals surface area contributed by atoms with Crippen LogP contribution in [-0.4, -0.2) is 11.6 Å². The summed E-state index contributed by atoms with van der Waals surface area (Å²) in [6.45, 7) is 2.64. The van der Waals surface area contributed by atoms with Crippen molar-refractivity contribution in [1.29, 1.82) is 5.26 Å². The Morgan fingerprint density at radius 3 is 2.64 bits per heavy atom. The zero-order chi connectivity index (χ0) is 17.6. The van der Waals surface area contributed by atoms with E-state index in [9.17, 15) is 4.39 Å². The minimum atomic E-state index is -0.270. The molecule has 1 aromatic heterocycles. The molecule has 126 valence electrons. The first-order valence-electron chi connectivity index (χ1n) is 7.69. The normalized spacial score (nSPS) is 10.3. The highest BCUT2D eigenvalue weighted by Crippen LogP contribution is 2.30. The quantitative estimate of drug-likeness (QED) is 0.638. The summed E-state index contributed by atoms with van der Waals surface area (Å²) in [6.07, 6.45) is 0. The number of rotatable bonds is 6. The van der Waals surface area contributed by atoms with Gasteiger partial charge in [0.2, 0.25) is 0 Å². The van der Waals surface area contributed by atoms with Crippen LogP contribution in [0.15, 0.2) is 47.8 Å². The van der Waals surface area contributed by atoms with Crippen molar-refractivity contribution in [1.82, 2.24) is 4.98 Å². The first-order chi connectivity index (χ1) is 12.2. The van der Waals surface area contributed by atoms with E-state index in [-0.39, 0.29) is 12.4 Å². The maximum absolute atomic E-state index is 13.0. The number of hydrogen-bond acceptors (Lipinski definition) is 5. The first kappa shape index (κ1) is 16.9. The summed E-state index contributed by atoms with van der Waals surface area (Å²) in [4.78, 5) is 4.51. The minimum Gasteiger partial charge on any atom is -0.490 e. The fourth-order valence-corrected chi connectivity index (χ4v) is 3.03. The smallest absolute Gasteiger partial charge is 0.162 e. The Balaban J connectivity index is 1.72. The topological polar surface area (TPSA) is 55.1 Å². The molecule has 3 aromatic rings. The van der Waals surface area contributed by atoms with Gasteiger partial charge in [0, 0.05) is 17.0 Å². The van der Waals surface area contributed by atoms with Crippen molar-refractivity contribution >= 4 is 11.3 Å². The standard InChI is InChI=1S/C19H15FN2O2S/c1-2-23-18-9-13(10-21)3-8-17(18)24-11-16-12-25-19(22-16)14-4-6-15(20)7-5-14/h3-9,12H,2,11H2,1H3. The number of ether oxygens (including phenoxy) is 2. The van der Waals surface area contributed by atoms with Gasteiger partial charge in [-0.3, -0.25) is 0 Å². The molecule has 3 rings (SSSR count). The second kappa shape index (κ2) is 7.77. The van der Waals surface area contributed by atoms with E-state index in [2.05, 4.69) is 11.1 Å². The highest BCUT2D eigenvalue weighted by Gasteiger charge is 2.09. The monoisotopic (exact) mass is 354 g/mol. The third kappa shape index (κ3) is 4.14. The number of nitriles is 1. The van der Waals surface area contributed by atoms with Crippen molar-refractivity contribution in [2.45, 2.75) is 13.5 Å². The highest BCUT2D eigenvalue weighted by atomic mass is 32.1. The van der Waals surface area contributed by atoms with E-state index in [1.807, 2.05) is 12.3 Å². The van der Waals surface area contributed by atoms with Crippen LogP contribution in [0.4, 0.5) is 4.39 Å². The minimum absolute atomic E-state index is 0.270. The summed E-state index contributed by atoms with van der Waals surface area (Å²) in [5, 5.41) is 11.7. The Morgan fingerprint density at radius 2 is 1.92 bits per heavy atom. The lowest BCUT2D eigenvalue weighted by atomic mass is 10.2. The third-order valence-corrected chi connectivity index (χ3v) is 4.33. The van der Waals surface area contributed by atoms with E-state index in [4.69, 9.17) is 14.7 Å². The summed E-state index contributed by atoms with van der Waals surface area (Å²) in [5.41, 5.74) is 2.16. The van der Waals surface area contributed by atoms with Crippen LogP contribution in [0.5, 0.6) is 11.5 Å². The van der Waals surface area contributed by atoms with Crippen molar-refractivity contribution in [3.63, 3.8) is 0 Å². The Kier molecular flexibility index (Phi) is 5.26. The fraction of sp³-hybridized carbons (Fsp3) is 0.158.